The highest BCUT2D eigenvalue weighted by molar-refractivity contribution is 6.31. The van der Waals surface area contributed by atoms with Crippen LogP contribution in [0.4, 0.5) is 15.9 Å². The lowest BCUT2D eigenvalue weighted by Crippen LogP contribution is -2.24. The smallest absolute Gasteiger partial charge is 0.270 e. The van der Waals surface area contributed by atoms with Crippen molar-refractivity contribution >= 4 is 29.0 Å². The summed E-state index contributed by atoms with van der Waals surface area (Å²) in [5.41, 5.74) is 1.24. The van der Waals surface area contributed by atoms with E-state index in [2.05, 4.69) is 20.6 Å². The quantitative estimate of drug-likeness (QED) is 0.726. The van der Waals surface area contributed by atoms with E-state index < -0.39 is 5.82 Å². The van der Waals surface area contributed by atoms with E-state index in [-0.39, 0.29) is 23.8 Å². The molecule has 126 valence electrons. The van der Waals surface area contributed by atoms with Crippen molar-refractivity contribution in [2.24, 2.45) is 0 Å². The number of hydrogen-bond acceptors (Lipinski definition) is 4. The summed E-state index contributed by atoms with van der Waals surface area (Å²) in [6, 6.07) is 14.9. The van der Waals surface area contributed by atoms with Crippen molar-refractivity contribution in [1.82, 2.24) is 15.3 Å². The maximum Gasteiger partial charge on any atom is 0.270 e. The largest absolute Gasteiger partial charge is 0.347 e. The van der Waals surface area contributed by atoms with E-state index in [9.17, 15) is 9.18 Å². The summed E-state index contributed by atoms with van der Waals surface area (Å²) in [5.74, 6) is -0.465. The molecular weight excluding hydrogens is 343 g/mol. The first-order valence-electron chi connectivity index (χ1n) is 7.48. The molecule has 0 fully saturated rings. The highest BCUT2D eigenvalue weighted by Gasteiger charge is 2.10. The predicted octanol–water partition coefficient (Wildman–Crippen LogP) is 3.94. The topological polar surface area (TPSA) is 66.9 Å². The van der Waals surface area contributed by atoms with Gasteiger partial charge in [-0.2, -0.15) is 0 Å². The minimum atomic E-state index is -0.411. The molecule has 0 atom stereocenters. The summed E-state index contributed by atoms with van der Waals surface area (Å²) in [4.78, 5) is 20.2. The minimum Gasteiger partial charge on any atom is -0.347 e. The van der Waals surface area contributed by atoms with Gasteiger partial charge in [0.05, 0.1) is 5.69 Å². The molecule has 0 aliphatic carbocycles. The number of anilines is 2. The molecule has 1 amide bonds. The zero-order valence-corrected chi connectivity index (χ0v) is 13.8. The molecule has 0 saturated carbocycles. The molecule has 5 nitrogen and oxygen atoms in total. The molecule has 0 radical (unpaired) electrons. The fourth-order valence-electron chi connectivity index (χ4n) is 2.16. The van der Waals surface area contributed by atoms with E-state index in [1.54, 1.807) is 24.3 Å². The van der Waals surface area contributed by atoms with Gasteiger partial charge in [-0.25, -0.2) is 14.4 Å². The van der Waals surface area contributed by atoms with Crippen molar-refractivity contribution < 1.29 is 9.18 Å². The maximum atomic E-state index is 13.7. The second kappa shape index (κ2) is 7.72. The van der Waals surface area contributed by atoms with Gasteiger partial charge < -0.3 is 10.6 Å². The van der Waals surface area contributed by atoms with Crippen LogP contribution in [0.2, 0.25) is 5.02 Å². The zero-order valence-electron chi connectivity index (χ0n) is 13.0. The summed E-state index contributed by atoms with van der Waals surface area (Å²) in [7, 11) is 0. The minimum absolute atomic E-state index is 0.167. The van der Waals surface area contributed by atoms with Crippen molar-refractivity contribution in [3.63, 3.8) is 0 Å². The average Bonchev–Trinajstić information content (AvgIpc) is 2.63. The van der Waals surface area contributed by atoms with Crippen LogP contribution in [-0.4, -0.2) is 15.9 Å². The van der Waals surface area contributed by atoms with E-state index in [1.807, 2.05) is 18.2 Å². The number of amides is 1. The van der Waals surface area contributed by atoms with Gasteiger partial charge in [0.25, 0.3) is 5.91 Å². The standard InChI is InChI=1S/C18H14ClFN4O/c19-13-6-2-1-5-12(13)10-21-18(25)16-9-17(23-11-22-16)24-15-8-4-3-7-14(15)20/h1-9,11H,10H2,(H,21,25)(H,22,23,24). The Morgan fingerprint density at radius 2 is 1.84 bits per heavy atom. The van der Waals surface area contributed by atoms with Crippen molar-refractivity contribution in [1.29, 1.82) is 0 Å². The van der Waals surface area contributed by atoms with Crippen molar-refractivity contribution in [3.05, 3.63) is 83.0 Å². The normalized spacial score (nSPS) is 10.3. The summed E-state index contributed by atoms with van der Waals surface area (Å²) in [6.07, 6.45) is 1.24. The fourth-order valence-corrected chi connectivity index (χ4v) is 2.36. The lowest BCUT2D eigenvalue weighted by atomic mass is 10.2. The van der Waals surface area contributed by atoms with Gasteiger partial charge in [-0.15, -0.1) is 0 Å². The molecule has 1 aromatic heterocycles. The van der Waals surface area contributed by atoms with E-state index in [1.165, 1.54) is 18.5 Å². The van der Waals surface area contributed by atoms with E-state index in [0.717, 1.165) is 5.56 Å². The second-order valence-corrected chi connectivity index (χ2v) is 5.57. The summed E-state index contributed by atoms with van der Waals surface area (Å²) < 4.78 is 13.7. The zero-order chi connectivity index (χ0) is 17.6. The van der Waals surface area contributed by atoms with Gasteiger partial charge in [0.15, 0.2) is 0 Å². The number of hydrogen-bond donors (Lipinski definition) is 2. The third-order valence-electron chi connectivity index (χ3n) is 3.43. The van der Waals surface area contributed by atoms with Crippen LogP contribution in [0.25, 0.3) is 0 Å². The Labute approximate surface area is 148 Å². The maximum absolute atomic E-state index is 13.7. The lowest BCUT2D eigenvalue weighted by Gasteiger charge is -2.09. The molecule has 3 rings (SSSR count). The molecular formula is C18H14ClFN4O. The molecule has 2 N–H and O–H groups in total. The first-order chi connectivity index (χ1) is 12.1. The second-order valence-electron chi connectivity index (χ2n) is 5.17. The van der Waals surface area contributed by atoms with Crippen LogP contribution >= 0.6 is 11.6 Å². The van der Waals surface area contributed by atoms with Gasteiger partial charge in [0, 0.05) is 17.6 Å². The molecule has 0 spiro atoms. The van der Waals surface area contributed by atoms with E-state index >= 15 is 0 Å². The molecule has 2 aromatic carbocycles. The highest BCUT2D eigenvalue weighted by Crippen LogP contribution is 2.18. The molecule has 0 aliphatic heterocycles. The number of rotatable bonds is 5. The first kappa shape index (κ1) is 16.9. The Hall–Kier alpha value is -2.99. The Bertz CT molecular complexity index is 904. The Morgan fingerprint density at radius 3 is 2.64 bits per heavy atom. The number of carbonyl (C=O) groups is 1. The number of para-hydroxylation sites is 1. The highest BCUT2D eigenvalue weighted by atomic mass is 35.5. The number of aromatic nitrogens is 2. The van der Waals surface area contributed by atoms with Gasteiger partial charge in [0.1, 0.15) is 23.7 Å². The third-order valence-corrected chi connectivity index (χ3v) is 3.80. The molecule has 1 heterocycles. The van der Waals surface area contributed by atoms with Gasteiger partial charge in [0.2, 0.25) is 0 Å². The summed E-state index contributed by atoms with van der Waals surface area (Å²) in [6.45, 7) is 0.276. The molecule has 7 heteroatoms. The summed E-state index contributed by atoms with van der Waals surface area (Å²) in [5, 5.41) is 6.14. The molecule has 0 saturated heterocycles. The number of nitrogens with zero attached hydrogens (tertiary/aromatic N) is 2. The number of carbonyl (C=O) groups excluding carboxylic acids is 1. The fraction of sp³-hybridized carbons (Fsp3) is 0.0556. The van der Waals surface area contributed by atoms with Crippen molar-refractivity contribution in [2.45, 2.75) is 6.54 Å². The number of halogens is 2. The number of benzene rings is 2. The van der Waals surface area contributed by atoms with Crippen LogP contribution in [0.5, 0.6) is 0 Å². The predicted molar refractivity (Wildman–Crippen MR) is 94.3 cm³/mol. The molecule has 25 heavy (non-hydrogen) atoms. The van der Waals surface area contributed by atoms with Crippen LogP contribution in [0.3, 0.4) is 0 Å². The average molecular weight is 357 g/mol. The molecule has 0 unspecified atom stereocenters. The van der Waals surface area contributed by atoms with Crippen LogP contribution in [0, 0.1) is 5.82 Å². The van der Waals surface area contributed by atoms with Gasteiger partial charge in [-0.1, -0.05) is 41.9 Å². The van der Waals surface area contributed by atoms with Crippen molar-refractivity contribution in [3.8, 4) is 0 Å². The van der Waals surface area contributed by atoms with Crippen molar-refractivity contribution in [2.75, 3.05) is 5.32 Å². The van der Waals surface area contributed by atoms with E-state index in [4.69, 9.17) is 11.6 Å². The Balaban J connectivity index is 1.69. The molecule has 0 bridgehead atoms. The monoisotopic (exact) mass is 356 g/mol. The number of nitrogens with one attached hydrogen (secondary N) is 2. The SMILES string of the molecule is O=C(NCc1ccccc1Cl)c1cc(Nc2ccccc2F)ncn1. The van der Waals surface area contributed by atoms with Crippen LogP contribution in [0.15, 0.2) is 60.9 Å². The Morgan fingerprint density at radius 1 is 1.08 bits per heavy atom. The molecule has 0 aliphatic rings. The van der Waals surface area contributed by atoms with Gasteiger partial charge in [-0.3, -0.25) is 4.79 Å². The lowest BCUT2D eigenvalue weighted by molar-refractivity contribution is 0.0946. The van der Waals surface area contributed by atoms with Crippen LogP contribution in [-0.2, 0) is 6.54 Å². The van der Waals surface area contributed by atoms with Crippen LogP contribution < -0.4 is 10.6 Å². The Kier molecular flexibility index (Phi) is 5.20. The van der Waals surface area contributed by atoms with Gasteiger partial charge >= 0.3 is 0 Å². The van der Waals surface area contributed by atoms with E-state index in [0.29, 0.717) is 10.8 Å². The first-order valence-corrected chi connectivity index (χ1v) is 7.86. The summed E-state index contributed by atoms with van der Waals surface area (Å²) >= 11 is 6.06. The third kappa shape index (κ3) is 4.30. The van der Waals surface area contributed by atoms with Gasteiger partial charge in [-0.05, 0) is 23.8 Å². The molecule has 3 aromatic rings. The van der Waals surface area contributed by atoms with Crippen LogP contribution in [0.1, 0.15) is 16.1 Å².